The molecule has 1 aliphatic carbocycles. The zero-order chi connectivity index (χ0) is 23.2. The van der Waals surface area contributed by atoms with E-state index in [4.69, 9.17) is 11.6 Å². The summed E-state index contributed by atoms with van der Waals surface area (Å²) in [6.45, 7) is 0. The van der Waals surface area contributed by atoms with Gasteiger partial charge >= 0.3 is 0 Å². The van der Waals surface area contributed by atoms with Gasteiger partial charge in [-0.25, -0.2) is 0 Å². The van der Waals surface area contributed by atoms with Crippen molar-refractivity contribution in [2.75, 3.05) is 5.32 Å². The lowest BCUT2D eigenvalue weighted by Crippen LogP contribution is -2.41. The van der Waals surface area contributed by atoms with Gasteiger partial charge in [0.15, 0.2) is 0 Å². The second-order valence-corrected chi connectivity index (χ2v) is 9.17. The van der Waals surface area contributed by atoms with E-state index in [1.165, 1.54) is 0 Å². The second kappa shape index (κ2) is 10.6. The molecule has 0 aliphatic heterocycles. The lowest BCUT2D eigenvalue weighted by Gasteiger charge is -2.09. The second-order valence-electron chi connectivity index (χ2n) is 7.69. The molecule has 3 aromatic rings. The minimum absolute atomic E-state index is 0.00839. The molecule has 3 aromatic carbocycles. The minimum atomic E-state index is -0.445. The van der Waals surface area contributed by atoms with E-state index >= 15 is 0 Å². The Morgan fingerprint density at radius 2 is 1.33 bits per heavy atom. The summed E-state index contributed by atoms with van der Waals surface area (Å²) in [6, 6.07) is 21.4. The number of hydrazine groups is 1. The molecule has 0 saturated heterocycles. The first-order valence-electron chi connectivity index (χ1n) is 10.5. The highest BCUT2D eigenvalue weighted by Crippen LogP contribution is 2.30. The first-order chi connectivity index (χ1) is 16.0. The maximum atomic E-state index is 12.4. The Hall–Kier alpha value is -3.29. The first kappa shape index (κ1) is 22.9. The van der Waals surface area contributed by atoms with Gasteiger partial charge in [0.1, 0.15) is 0 Å². The van der Waals surface area contributed by atoms with Crippen molar-refractivity contribution in [2.45, 2.75) is 23.5 Å². The monoisotopic (exact) mass is 479 g/mol. The highest BCUT2D eigenvalue weighted by Gasteiger charge is 2.29. The van der Waals surface area contributed by atoms with Crippen LogP contribution in [0.2, 0.25) is 5.02 Å². The van der Waals surface area contributed by atoms with Gasteiger partial charge in [-0.3, -0.25) is 25.2 Å². The number of halogens is 1. The molecule has 1 fully saturated rings. The quantitative estimate of drug-likeness (QED) is 0.326. The van der Waals surface area contributed by atoms with E-state index < -0.39 is 11.8 Å². The van der Waals surface area contributed by atoms with E-state index in [0.29, 0.717) is 21.8 Å². The molecule has 4 rings (SSSR count). The summed E-state index contributed by atoms with van der Waals surface area (Å²) >= 11 is 7.58. The van der Waals surface area contributed by atoms with Crippen LogP contribution in [0.15, 0.2) is 77.7 Å². The van der Waals surface area contributed by atoms with Gasteiger partial charge in [0.05, 0.1) is 0 Å². The minimum Gasteiger partial charge on any atom is -0.326 e. The Bertz CT molecular complexity index is 1150. The molecule has 0 radical (unpaired) electrons. The van der Waals surface area contributed by atoms with E-state index in [1.54, 1.807) is 48.2 Å². The molecule has 0 aromatic heterocycles. The summed E-state index contributed by atoms with van der Waals surface area (Å²) in [6.07, 6.45) is 1.86. The highest BCUT2D eigenvalue weighted by molar-refractivity contribution is 7.98. The van der Waals surface area contributed by atoms with E-state index in [2.05, 4.69) is 16.2 Å². The number of hydrogen-bond acceptors (Lipinski definition) is 4. The van der Waals surface area contributed by atoms with Crippen molar-refractivity contribution in [3.8, 4) is 0 Å². The standard InChI is InChI=1S/C25H22ClN3O3S/c26-20-9-13-22(14-10-20)33-15-16-1-3-18(4-2-16)24(31)28-29-25(32)19-7-11-21(12-8-19)27-23(30)17-5-6-17/h1-4,7-14,17H,5-6,15H2,(H,27,30)(H,28,31)(H,29,32). The van der Waals surface area contributed by atoms with Gasteiger partial charge in [0, 0.05) is 38.4 Å². The average Bonchev–Trinajstić information content (AvgIpc) is 3.68. The smallest absolute Gasteiger partial charge is 0.269 e. The van der Waals surface area contributed by atoms with E-state index in [0.717, 1.165) is 29.1 Å². The van der Waals surface area contributed by atoms with Crippen molar-refractivity contribution in [2.24, 2.45) is 5.92 Å². The fourth-order valence-corrected chi connectivity index (χ4v) is 3.98. The van der Waals surface area contributed by atoms with Crippen molar-refractivity contribution in [3.63, 3.8) is 0 Å². The number of hydrogen-bond donors (Lipinski definition) is 3. The molecular weight excluding hydrogens is 458 g/mol. The normalized spacial score (nSPS) is 12.6. The van der Waals surface area contributed by atoms with Gasteiger partial charge in [-0.05, 0) is 79.1 Å². The van der Waals surface area contributed by atoms with Crippen LogP contribution >= 0.6 is 23.4 Å². The number of carbonyl (C=O) groups is 3. The Morgan fingerprint density at radius 1 is 0.788 bits per heavy atom. The maximum absolute atomic E-state index is 12.4. The lowest BCUT2D eigenvalue weighted by atomic mass is 10.1. The van der Waals surface area contributed by atoms with E-state index in [1.807, 2.05) is 36.4 Å². The van der Waals surface area contributed by atoms with Crippen LogP contribution in [0.1, 0.15) is 39.1 Å². The summed E-state index contributed by atoms with van der Waals surface area (Å²) in [7, 11) is 0. The van der Waals surface area contributed by atoms with Crippen LogP contribution < -0.4 is 16.2 Å². The highest BCUT2D eigenvalue weighted by atomic mass is 35.5. The third-order valence-electron chi connectivity index (χ3n) is 5.09. The predicted molar refractivity (Wildman–Crippen MR) is 130 cm³/mol. The van der Waals surface area contributed by atoms with Gasteiger partial charge in [0.2, 0.25) is 5.91 Å². The molecule has 8 heteroatoms. The van der Waals surface area contributed by atoms with Crippen LogP contribution in [0.4, 0.5) is 5.69 Å². The van der Waals surface area contributed by atoms with Gasteiger partial charge in [-0.1, -0.05) is 23.7 Å². The summed E-state index contributed by atoms with van der Waals surface area (Å²) in [5.41, 5.74) is 7.36. The van der Waals surface area contributed by atoms with Crippen LogP contribution in [-0.4, -0.2) is 17.7 Å². The maximum Gasteiger partial charge on any atom is 0.269 e. The first-order valence-corrected chi connectivity index (χ1v) is 11.8. The molecule has 0 atom stereocenters. The van der Waals surface area contributed by atoms with Crippen molar-refractivity contribution in [1.29, 1.82) is 0 Å². The third kappa shape index (κ3) is 6.60. The fraction of sp³-hybridized carbons (Fsp3) is 0.160. The van der Waals surface area contributed by atoms with E-state index in [9.17, 15) is 14.4 Å². The Labute approximate surface area is 201 Å². The number of anilines is 1. The molecule has 1 aliphatic rings. The molecule has 3 N–H and O–H groups in total. The topological polar surface area (TPSA) is 87.3 Å². The molecule has 0 unspecified atom stereocenters. The molecule has 0 spiro atoms. The molecule has 3 amide bonds. The number of thioether (sulfide) groups is 1. The molecule has 1 saturated carbocycles. The van der Waals surface area contributed by atoms with Crippen LogP contribution in [0, 0.1) is 5.92 Å². The lowest BCUT2D eigenvalue weighted by molar-refractivity contribution is -0.117. The fourth-order valence-electron chi connectivity index (χ4n) is 3.00. The van der Waals surface area contributed by atoms with Crippen LogP contribution in [-0.2, 0) is 10.5 Å². The number of nitrogens with one attached hydrogen (secondary N) is 3. The van der Waals surface area contributed by atoms with Crippen LogP contribution in [0.25, 0.3) is 0 Å². The number of carbonyl (C=O) groups excluding carboxylic acids is 3. The summed E-state index contributed by atoms with van der Waals surface area (Å²) < 4.78 is 0. The zero-order valence-corrected chi connectivity index (χ0v) is 19.2. The largest absolute Gasteiger partial charge is 0.326 e. The molecule has 33 heavy (non-hydrogen) atoms. The Balaban J connectivity index is 1.24. The molecule has 0 bridgehead atoms. The Kier molecular flexibility index (Phi) is 7.32. The number of amides is 3. The summed E-state index contributed by atoms with van der Waals surface area (Å²) in [5.74, 6) is 0.0266. The zero-order valence-electron chi connectivity index (χ0n) is 17.6. The van der Waals surface area contributed by atoms with Gasteiger partial charge in [-0.15, -0.1) is 11.8 Å². The van der Waals surface area contributed by atoms with Gasteiger partial charge in [-0.2, -0.15) is 0 Å². The van der Waals surface area contributed by atoms with Crippen molar-refractivity contribution in [3.05, 3.63) is 94.5 Å². The summed E-state index contributed by atoms with van der Waals surface area (Å²) in [4.78, 5) is 37.6. The molecule has 6 nitrogen and oxygen atoms in total. The summed E-state index contributed by atoms with van der Waals surface area (Å²) in [5, 5.41) is 3.52. The van der Waals surface area contributed by atoms with Crippen molar-refractivity contribution in [1.82, 2.24) is 10.9 Å². The predicted octanol–water partition coefficient (Wildman–Crippen LogP) is 5.06. The SMILES string of the molecule is O=C(NNC(=O)c1ccc(NC(=O)C2CC2)cc1)c1ccc(CSc2ccc(Cl)cc2)cc1. The Morgan fingerprint density at radius 3 is 1.88 bits per heavy atom. The van der Waals surface area contributed by atoms with Crippen molar-refractivity contribution >= 4 is 46.8 Å². The number of benzene rings is 3. The van der Waals surface area contributed by atoms with Gasteiger partial charge < -0.3 is 5.32 Å². The van der Waals surface area contributed by atoms with Crippen LogP contribution in [0.5, 0.6) is 0 Å². The van der Waals surface area contributed by atoms with Gasteiger partial charge in [0.25, 0.3) is 11.8 Å². The van der Waals surface area contributed by atoms with Crippen LogP contribution in [0.3, 0.4) is 0 Å². The number of rotatable bonds is 7. The van der Waals surface area contributed by atoms with E-state index in [-0.39, 0.29) is 11.8 Å². The average molecular weight is 480 g/mol. The molecule has 168 valence electrons. The molecular formula is C25H22ClN3O3S. The van der Waals surface area contributed by atoms with Crippen molar-refractivity contribution < 1.29 is 14.4 Å². The third-order valence-corrected chi connectivity index (χ3v) is 6.42. The molecule has 0 heterocycles.